The van der Waals surface area contributed by atoms with Gasteiger partial charge in [-0.05, 0) is 38.0 Å². The summed E-state index contributed by atoms with van der Waals surface area (Å²) in [4.78, 5) is 8.69. The first-order valence-electron chi connectivity index (χ1n) is 6.63. The van der Waals surface area contributed by atoms with E-state index >= 15 is 0 Å². The van der Waals surface area contributed by atoms with Crippen LogP contribution in [0.3, 0.4) is 0 Å². The summed E-state index contributed by atoms with van der Waals surface area (Å²) < 4.78 is 0. The maximum atomic E-state index is 4.43. The Hall–Kier alpha value is -2.36. The van der Waals surface area contributed by atoms with Crippen LogP contribution in [0, 0.1) is 20.8 Å². The van der Waals surface area contributed by atoms with Crippen LogP contribution in [0.25, 0.3) is 0 Å². The molecule has 1 aromatic carbocycles. The van der Waals surface area contributed by atoms with E-state index in [1.807, 2.05) is 6.07 Å². The third-order valence-corrected chi connectivity index (χ3v) is 3.00. The first-order chi connectivity index (χ1) is 9.60. The smallest absolute Gasteiger partial charge is 0.229 e. The molecule has 0 atom stereocenters. The molecule has 0 radical (unpaired) electrons. The zero-order valence-corrected chi connectivity index (χ0v) is 12.2. The number of rotatable bonds is 5. The van der Waals surface area contributed by atoms with Crippen molar-refractivity contribution in [3.8, 4) is 0 Å². The average Bonchev–Trinajstić information content (AvgIpc) is 2.41. The van der Waals surface area contributed by atoms with Crippen LogP contribution >= 0.6 is 0 Å². The minimum Gasteiger partial charge on any atom is -0.366 e. The van der Waals surface area contributed by atoms with Crippen LogP contribution < -0.4 is 10.6 Å². The Kier molecular flexibility index (Phi) is 4.35. The maximum Gasteiger partial charge on any atom is 0.229 e. The summed E-state index contributed by atoms with van der Waals surface area (Å²) in [7, 11) is 0. The summed E-state index contributed by atoms with van der Waals surface area (Å²) in [6, 6.07) is 6.13. The van der Waals surface area contributed by atoms with E-state index in [0.717, 1.165) is 11.5 Å². The predicted octanol–water partition coefficient (Wildman–Crippen LogP) is 3.74. The fourth-order valence-electron chi connectivity index (χ4n) is 2.18. The zero-order valence-electron chi connectivity index (χ0n) is 12.2. The van der Waals surface area contributed by atoms with Gasteiger partial charge in [0.25, 0.3) is 0 Å². The number of benzene rings is 1. The summed E-state index contributed by atoms with van der Waals surface area (Å²) in [6.45, 7) is 10.6. The van der Waals surface area contributed by atoms with Gasteiger partial charge in [0.1, 0.15) is 5.82 Å². The Bertz CT molecular complexity index is 597. The van der Waals surface area contributed by atoms with Crippen molar-refractivity contribution in [1.29, 1.82) is 0 Å². The Morgan fingerprint density at radius 2 is 1.90 bits per heavy atom. The van der Waals surface area contributed by atoms with Crippen molar-refractivity contribution in [3.05, 3.63) is 53.7 Å². The molecule has 0 aliphatic rings. The van der Waals surface area contributed by atoms with Gasteiger partial charge in [0.05, 0.1) is 0 Å². The molecule has 1 aromatic heterocycles. The van der Waals surface area contributed by atoms with E-state index in [1.165, 1.54) is 16.7 Å². The third-order valence-electron chi connectivity index (χ3n) is 3.00. The van der Waals surface area contributed by atoms with Crippen LogP contribution in [0.2, 0.25) is 0 Å². The molecule has 0 bridgehead atoms. The molecule has 1 heterocycles. The first kappa shape index (κ1) is 14.1. The van der Waals surface area contributed by atoms with Gasteiger partial charge >= 0.3 is 0 Å². The number of hydrogen-bond acceptors (Lipinski definition) is 4. The zero-order chi connectivity index (χ0) is 14.5. The molecule has 0 saturated heterocycles. The summed E-state index contributed by atoms with van der Waals surface area (Å²) in [5.74, 6) is 1.37. The highest BCUT2D eigenvalue weighted by Crippen LogP contribution is 2.24. The number of hydrogen-bond donors (Lipinski definition) is 2. The van der Waals surface area contributed by atoms with Gasteiger partial charge in [-0.25, -0.2) is 4.98 Å². The lowest BCUT2D eigenvalue weighted by molar-refractivity contribution is 1.13. The van der Waals surface area contributed by atoms with Crippen molar-refractivity contribution in [2.45, 2.75) is 20.8 Å². The van der Waals surface area contributed by atoms with Crippen LogP contribution in [-0.4, -0.2) is 16.5 Å². The van der Waals surface area contributed by atoms with Gasteiger partial charge in [-0.2, -0.15) is 4.98 Å². The molecular weight excluding hydrogens is 248 g/mol. The number of aryl methyl sites for hydroxylation is 3. The Morgan fingerprint density at radius 3 is 2.55 bits per heavy atom. The quantitative estimate of drug-likeness (QED) is 0.811. The number of nitrogens with one attached hydrogen (secondary N) is 2. The van der Waals surface area contributed by atoms with Gasteiger partial charge in [0, 0.05) is 18.4 Å². The van der Waals surface area contributed by atoms with E-state index in [-0.39, 0.29) is 0 Å². The molecule has 4 heteroatoms. The molecule has 0 unspecified atom stereocenters. The van der Waals surface area contributed by atoms with Gasteiger partial charge < -0.3 is 10.6 Å². The van der Waals surface area contributed by atoms with E-state index in [9.17, 15) is 0 Å². The Balaban J connectivity index is 2.24. The molecule has 20 heavy (non-hydrogen) atoms. The number of aromatic nitrogens is 2. The van der Waals surface area contributed by atoms with Crippen LogP contribution in [0.15, 0.2) is 37.1 Å². The van der Waals surface area contributed by atoms with Crippen molar-refractivity contribution in [3.63, 3.8) is 0 Å². The molecule has 0 aliphatic carbocycles. The third kappa shape index (κ3) is 3.35. The van der Waals surface area contributed by atoms with E-state index in [4.69, 9.17) is 0 Å². The molecule has 0 fully saturated rings. The molecule has 0 aliphatic heterocycles. The predicted molar refractivity (Wildman–Crippen MR) is 84.7 cm³/mol. The molecule has 4 nitrogen and oxygen atoms in total. The molecule has 0 spiro atoms. The normalized spacial score (nSPS) is 10.2. The summed E-state index contributed by atoms with van der Waals surface area (Å²) in [5.41, 5.74) is 4.70. The van der Waals surface area contributed by atoms with E-state index in [1.54, 1.807) is 12.3 Å². The molecule has 0 amide bonds. The summed E-state index contributed by atoms with van der Waals surface area (Å²) >= 11 is 0. The monoisotopic (exact) mass is 268 g/mol. The Labute approximate surface area is 120 Å². The van der Waals surface area contributed by atoms with Crippen LogP contribution in [0.1, 0.15) is 16.7 Å². The lowest BCUT2D eigenvalue weighted by Gasteiger charge is -2.13. The topological polar surface area (TPSA) is 49.8 Å². The number of nitrogens with zero attached hydrogens (tertiary/aromatic N) is 2. The average molecular weight is 268 g/mol. The van der Waals surface area contributed by atoms with Gasteiger partial charge in [0.15, 0.2) is 0 Å². The van der Waals surface area contributed by atoms with Crippen molar-refractivity contribution in [1.82, 2.24) is 9.97 Å². The van der Waals surface area contributed by atoms with E-state index < -0.39 is 0 Å². The van der Waals surface area contributed by atoms with Gasteiger partial charge in [-0.3, -0.25) is 0 Å². The highest BCUT2D eigenvalue weighted by molar-refractivity contribution is 5.64. The van der Waals surface area contributed by atoms with Crippen LogP contribution in [0.4, 0.5) is 17.5 Å². The van der Waals surface area contributed by atoms with Crippen molar-refractivity contribution >= 4 is 17.5 Å². The van der Waals surface area contributed by atoms with Crippen molar-refractivity contribution in [2.75, 3.05) is 17.2 Å². The molecule has 104 valence electrons. The largest absolute Gasteiger partial charge is 0.366 e. The minimum absolute atomic E-state index is 0.592. The fourth-order valence-corrected chi connectivity index (χ4v) is 2.18. The fraction of sp³-hybridized carbons (Fsp3) is 0.250. The van der Waals surface area contributed by atoms with Gasteiger partial charge in [-0.15, -0.1) is 6.58 Å². The highest BCUT2D eigenvalue weighted by atomic mass is 15.1. The second kappa shape index (κ2) is 6.19. The van der Waals surface area contributed by atoms with E-state index in [0.29, 0.717) is 12.5 Å². The lowest BCUT2D eigenvalue weighted by atomic mass is 10.1. The standard InChI is InChI=1S/C16H20N4/c1-5-7-17-14-6-8-18-16(19-14)20-15-12(3)9-11(2)10-13(15)4/h5-6,8-10H,1,7H2,2-4H3,(H2,17,18,19,20). The molecule has 2 rings (SSSR count). The molecular formula is C16H20N4. The van der Waals surface area contributed by atoms with Crippen molar-refractivity contribution < 1.29 is 0 Å². The summed E-state index contributed by atoms with van der Waals surface area (Å²) in [6.07, 6.45) is 3.53. The maximum absolute atomic E-state index is 4.43. The van der Waals surface area contributed by atoms with Crippen LogP contribution in [-0.2, 0) is 0 Å². The molecule has 2 aromatic rings. The van der Waals surface area contributed by atoms with Gasteiger partial charge in [0.2, 0.25) is 5.95 Å². The van der Waals surface area contributed by atoms with E-state index in [2.05, 4.69) is 60.1 Å². The highest BCUT2D eigenvalue weighted by Gasteiger charge is 2.06. The first-order valence-corrected chi connectivity index (χ1v) is 6.63. The van der Waals surface area contributed by atoms with Gasteiger partial charge in [-0.1, -0.05) is 23.8 Å². The summed E-state index contributed by atoms with van der Waals surface area (Å²) in [5, 5.41) is 6.45. The number of anilines is 3. The minimum atomic E-state index is 0.592. The second-order valence-electron chi connectivity index (χ2n) is 4.83. The molecule has 2 N–H and O–H groups in total. The lowest BCUT2D eigenvalue weighted by Crippen LogP contribution is -2.05. The Morgan fingerprint density at radius 1 is 1.20 bits per heavy atom. The second-order valence-corrected chi connectivity index (χ2v) is 4.83. The van der Waals surface area contributed by atoms with Crippen molar-refractivity contribution in [2.24, 2.45) is 0 Å². The SMILES string of the molecule is C=CCNc1ccnc(Nc2c(C)cc(C)cc2C)n1. The van der Waals surface area contributed by atoms with Crippen LogP contribution in [0.5, 0.6) is 0 Å². The molecule has 0 saturated carbocycles.